The van der Waals surface area contributed by atoms with Gasteiger partial charge in [-0.1, -0.05) is 42.0 Å². The molecule has 0 saturated heterocycles. The van der Waals surface area contributed by atoms with Gasteiger partial charge in [0.2, 0.25) is 0 Å². The maximum Gasteiger partial charge on any atom is 0.264 e. The zero-order valence-corrected chi connectivity index (χ0v) is 19.2. The van der Waals surface area contributed by atoms with Crippen molar-refractivity contribution in [3.05, 3.63) is 89.7 Å². The molecule has 0 aliphatic carbocycles. The Balaban J connectivity index is 1.82. The molecular weight excluding hydrogens is 449 g/mol. The summed E-state index contributed by atoms with van der Waals surface area (Å²) < 4.78 is 41.7. The first-order valence-electron chi connectivity index (χ1n) is 9.61. The van der Waals surface area contributed by atoms with Crippen molar-refractivity contribution in [2.75, 3.05) is 17.1 Å². The number of hydrogen-bond acceptors (Lipinski definition) is 5. The minimum atomic E-state index is -4.20. The van der Waals surface area contributed by atoms with E-state index in [1.807, 2.05) is 37.4 Å². The van der Waals surface area contributed by atoms with Gasteiger partial charge in [-0.15, -0.1) is 11.8 Å². The van der Waals surface area contributed by atoms with Gasteiger partial charge in [0.25, 0.3) is 15.9 Å². The first-order chi connectivity index (χ1) is 15.3. The van der Waals surface area contributed by atoms with E-state index in [1.54, 1.807) is 23.9 Å². The largest absolute Gasteiger partial charge is 0.271 e. The highest BCUT2D eigenvalue weighted by atomic mass is 32.2. The molecule has 0 atom stereocenters. The number of nitrogens with zero attached hydrogens (tertiary/aromatic N) is 2. The van der Waals surface area contributed by atoms with Gasteiger partial charge in [-0.05, 0) is 55.1 Å². The minimum absolute atomic E-state index is 0.0449. The van der Waals surface area contributed by atoms with Crippen LogP contribution in [0.1, 0.15) is 11.1 Å². The highest BCUT2D eigenvalue weighted by Gasteiger charge is 2.29. The van der Waals surface area contributed by atoms with E-state index in [0.717, 1.165) is 26.4 Å². The van der Waals surface area contributed by atoms with Crippen LogP contribution in [-0.4, -0.2) is 33.3 Å². The summed E-state index contributed by atoms with van der Waals surface area (Å²) >= 11 is 1.61. The number of amides is 1. The van der Waals surface area contributed by atoms with Crippen molar-refractivity contribution in [2.45, 2.75) is 16.7 Å². The van der Waals surface area contributed by atoms with E-state index in [-0.39, 0.29) is 10.6 Å². The van der Waals surface area contributed by atoms with Crippen molar-refractivity contribution in [2.24, 2.45) is 5.10 Å². The highest BCUT2D eigenvalue weighted by molar-refractivity contribution is 7.98. The van der Waals surface area contributed by atoms with Gasteiger partial charge in [0.1, 0.15) is 12.4 Å². The van der Waals surface area contributed by atoms with Crippen molar-refractivity contribution in [1.29, 1.82) is 0 Å². The van der Waals surface area contributed by atoms with Crippen LogP contribution in [-0.2, 0) is 14.8 Å². The summed E-state index contributed by atoms with van der Waals surface area (Å²) in [5.41, 5.74) is 3.73. The van der Waals surface area contributed by atoms with E-state index in [2.05, 4.69) is 10.5 Å². The van der Waals surface area contributed by atoms with Crippen LogP contribution in [0.2, 0.25) is 0 Å². The molecule has 0 unspecified atom stereocenters. The highest BCUT2D eigenvalue weighted by Crippen LogP contribution is 2.26. The molecule has 0 radical (unpaired) electrons. The fraction of sp³-hybridized carbons (Fsp3) is 0.130. The molecule has 0 heterocycles. The number of anilines is 1. The Morgan fingerprint density at radius 2 is 1.72 bits per heavy atom. The Morgan fingerprint density at radius 1 is 1.06 bits per heavy atom. The lowest BCUT2D eigenvalue weighted by atomic mass is 10.2. The van der Waals surface area contributed by atoms with Crippen LogP contribution in [0.3, 0.4) is 0 Å². The summed E-state index contributed by atoms with van der Waals surface area (Å²) in [7, 11) is -4.20. The van der Waals surface area contributed by atoms with Crippen LogP contribution >= 0.6 is 11.8 Å². The van der Waals surface area contributed by atoms with Crippen LogP contribution in [0.4, 0.5) is 10.1 Å². The molecular formula is C23H22FN3O3S2. The molecule has 6 nitrogen and oxygen atoms in total. The van der Waals surface area contributed by atoms with Crippen LogP contribution in [0, 0.1) is 12.7 Å². The summed E-state index contributed by atoms with van der Waals surface area (Å²) in [6, 6.07) is 19.0. The zero-order valence-electron chi connectivity index (χ0n) is 17.5. The van der Waals surface area contributed by atoms with Gasteiger partial charge >= 0.3 is 0 Å². The minimum Gasteiger partial charge on any atom is -0.271 e. The quantitative estimate of drug-likeness (QED) is 0.303. The molecule has 3 aromatic carbocycles. The van der Waals surface area contributed by atoms with Crippen LogP contribution < -0.4 is 9.73 Å². The number of para-hydroxylation sites is 1. The summed E-state index contributed by atoms with van der Waals surface area (Å²) in [6.07, 6.45) is 3.42. The van der Waals surface area contributed by atoms with Gasteiger partial charge in [0.05, 0.1) is 16.8 Å². The Kier molecular flexibility index (Phi) is 7.66. The predicted octanol–water partition coefficient (Wildman–Crippen LogP) is 4.20. The predicted molar refractivity (Wildman–Crippen MR) is 126 cm³/mol. The van der Waals surface area contributed by atoms with Gasteiger partial charge in [-0.25, -0.2) is 18.2 Å². The Morgan fingerprint density at radius 3 is 2.34 bits per heavy atom. The Labute approximate surface area is 191 Å². The number of carbonyl (C=O) groups excluding carboxylic acids is 1. The number of hydrogen-bond donors (Lipinski definition) is 1. The number of rotatable bonds is 8. The van der Waals surface area contributed by atoms with Gasteiger partial charge < -0.3 is 0 Å². The van der Waals surface area contributed by atoms with Crippen molar-refractivity contribution >= 4 is 39.6 Å². The fourth-order valence-electron chi connectivity index (χ4n) is 2.83. The molecule has 166 valence electrons. The molecule has 0 aliphatic rings. The third-order valence-corrected chi connectivity index (χ3v) is 7.05. The maximum absolute atomic E-state index is 14.5. The number of aryl methyl sites for hydroxylation is 1. The van der Waals surface area contributed by atoms with Crippen LogP contribution in [0.25, 0.3) is 0 Å². The molecule has 3 aromatic rings. The number of benzene rings is 3. The van der Waals surface area contributed by atoms with Crippen LogP contribution in [0.5, 0.6) is 0 Å². The van der Waals surface area contributed by atoms with Crippen molar-refractivity contribution < 1.29 is 17.6 Å². The number of sulfonamides is 1. The summed E-state index contributed by atoms with van der Waals surface area (Å²) in [6.45, 7) is 1.19. The average molecular weight is 472 g/mol. The monoisotopic (exact) mass is 471 g/mol. The molecule has 32 heavy (non-hydrogen) atoms. The topological polar surface area (TPSA) is 78.8 Å². The van der Waals surface area contributed by atoms with Crippen molar-refractivity contribution in [1.82, 2.24) is 5.43 Å². The second-order valence-corrected chi connectivity index (χ2v) is 9.58. The number of thioether (sulfide) groups is 1. The second-order valence-electron chi connectivity index (χ2n) is 6.84. The van der Waals surface area contributed by atoms with E-state index in [1.165, 1.54) is 36.5 Å². The number of halogens is 1. The molecule has 3 rings (SSSR count). The van der Waals surface area contributed by atoms with Crippen molar-refractivity contribution in [3.63, 3.8) is 0 Å². The lowest BCUT2D eigenvalue weighted by molar-refractivity contribution is -0.119. The van der Waals surface area contributed by atoms with Gasteiger partial charge in [-0.3, -0.25) is 9.10 Å². The lowest BCUT2D eigenvalue weighted by Crippen LogP contribution is -2.40. The molecule has 0 aromatic heterocycles. The molecule has 1 N–H and O–H groups in total. The Hall–Kier alpha value is -3.17. The molecule has 0 spiro atoms. The van der Waals surface area contributed by atoms with E-state index in [9.17, 15) is 17.6 Å². The summed E-state index contributed by atoms with van der Waals surface area (Å²) in [5, 5.41) is 3.89. The normalized spacial score (nSPS) is 11.5. The van der Waals surface area contributed by atoms with E-state index >= 15 is 0 Å². The third kappa shape index (κ3) is 5.74. The lowest BCUT2D eigenvalue weighted by Gasteiger charge is -2.24. The van der Waals surface area contributed by atoms with E-state index in [0.29, 0.717) is 0 Å². The van der Waals surface area contributed by atoms with E-state index in [4.69, 9.17) is 0 Å². The van der Waals surface area contributed by atoms with Gasteiger partial charge in [0.15, 0.2) is 0 Å². The van der Waals surface area contributed by atoms with Gasteiger partial charge in [-0.2, -0.15) is 5.10 Å². The van der Waals surface area contributed by atoms with Crippen LogP contribution in [0.15, 0.2) is 87.7 Å². The first kappa shape index (κ1) is 23.5. The standard InChI is InChI=1S/C23H22FN3O3S2/c1-17-7-13-20(14-8-17)32(29,30)27(22-6-4-3-5-21(22)24)16-23(28)26-25-15-18-9-11-19(31-2)12-10-18/h3-15H,16H2,1-2H3,(H,26,28)/b25-15-. The zero-order chi connectivity index (χ0) is 23.1. The molecule has 9 heteroatoms. The first-order valence-corrected chi connectivity index (χ1v) is 12.3. The molecule has 0 fully saturated rings. The SMILES string of the molecule is CSc1ccc(/C=N\NC(=O)CN(c2ccccc2F)S(=O)(=O)c2ccc(C)cc2)cc1. The molecule has 0 bridgehead atoms. The molecule has 0 aliphatic heterocycles. The molecule has 1 amide bonds. The number of nitrogens with one attached hydrogen (secondary N) is 1. The molecule has 0 saturated carbocycles. The fourth-order valence-corrected chi connectivity index (χ4v) is 4.66. The summed E-state index contributed by atoms with van der Waals surface area (Å²) in [5.74, 6) is -1.46. The van der Waals surface area contributed by atoms with Gasteiger partial charge in [0, 0.05) is 4.90 Å². The Bertz CT molecular complexity index is 1210. The second kappa shape index (κ2) is 10.4. The maximum atomic E-state index is 14.5. The number of carbonyl (C=O) groups is 1. The van der Waals surface area contributed by atoms with Crippen molar-refractivity contribution in [3.8, 4) is 0 Å². The third-order valence-electron chi connectivity index (χ3n) is 4.54. The number of hydrazone groups is 1. The smallest absolute Gasteiger partial charge is 0.264 e. The average Bonchev–Trinajstić information content (AvgIpc) is 2.79. The van der Waals surface area contributed by atoms with E-state index < -0.39 is 28.3 Å². The summed E-state index contributed by atoms with van der Waals surface area (Å²) in [4.78, 5) is 13.5.